The summed E-state index contributed by atoms with van der Waals surface area (Å²) in [7, 11) is 1.81. The number of carbonyl (C=O) groups excluding carboxylic acids is 2. The number of ether oxygens (including phenoxy) is 1. The van der Waals surface area contributed by atoms with Crippen LogP contribution in [0.5, 0.6) is 0 Å². The van der Waals surface area contributed by atoms with Crippen LogP contribution in [0.2, 0.25) is 0 Å². The quantitative estimate of drug-likeness (QED) is 0.753. The number of amides is 3. The Morgan fingerprint density at radius 1 is 1.09 bits per heavy atom. The van der Waals surface area contributed by atoms with Crippen LogP contribution in [-0.2, 0) is 11.3 Å². The van der Waals surface area contributed by atoms with Crippen molar-refractivity contribution >= 4 is 11.9 Å². The Balaban J connectivity index is 1.19. The van der Waals surface area contributed by atoms with Crippen molar-refractivity contribution in [1.82, 2.24) is 15.1 Å². The van der Waals surface area contributed by atoms with Crippen molar-refractivity contribution in [3.63, 3.8) is 0 Å². The van der Waals surface area contributed by atoms with E-state index in [1.807, 2.05) is 36.2 Å². The van der Waals surface area contributed by atoms with E-state index in [9.17, 15) is 14.7 Å². The Kier molecular flexibility index (Phi) is 5.88. The molecule has 0 spiro atoms. The number of fused-ring (bicyclic) bond motifs is 2. The van der Waals surface area contributed by atoms with Gasteiger partial charge in [-0.25, -0.2) is 4.79 Å². The van der Waals surface area contributed by atoms with E-state index < -0.39 is 0 Å². The fourth-order valence-corrected chi connectivity index (χ4v) is 6.78. The van der Waals surface area contributed by atoms with E-state index >= 15 is 0 Å². The van der Waals surface area contributed by atoms with E-state index in [0.29, 0.717) is 56.2 Å². The van der Waals surface area contributed by atoms with Crippen molar-refractivity contribution in [1.29, 1.82) is 0 Å². The number of hydrogen-bond donors (Lipinski definition) is 2. The van der Waals surface area contributed by atoms with E-state index in [2.05, 4.69) is 5.32 Å². The predicted octanol–water partition coefficient (Wildman–Crippen LogP) is 2.63. The molecule has 1 aromatic rings. The minimum absolute atomic E-state index is 0.00419. The summed E-state index contributed by atoms with van der Waals surface area (Å²) in [4.78, 5) is 29.2. The third-order valence-corrected chi connectivity index (χ3v) is 8.09. The number of urea groups is 1. The van der Waals surface area contributed by atoms with Gasteiger partial charge in [-0.3, -0.25) is 4.79 Å². The summed E-state index contributed by atoms with van der Waals surface area (Å²) in [6, 6.07) is 7.64. The highest BCUT2D eigenvalue weighted by Crippen LogP contribution is 2.55. The second-order valence-corrected chi connectivity index (χ2v) is 10.5. The minimum atomic E-state index is -0.164. The Hall–Kier alpha value is -2.12. The standard InChI is InChI=1S/C25H35N3O4/c1-27(24(31)28-6-8-32-9-7-28)16-17-2-4-19(5-3-17)23(30)26-25-13-18-10-20(14-25)21(15-25)12-22(29)11-18/h2-5,18,20-22,29H,6-16H2,1H3,(H,26,30). The van der Waals surface area contributed by atoms with E-state index in [1.165, 1.54) is 6.42 Å². The summed E-state index contributed by atoms with van der Waals surface area (Å²) >= 11 is 0. The fraction of sp³-hybridized carbons (Fsp3) is 0.680. The third-order valence-electron chi connectivity index (χ3n) is 8.09. The van der Waals surface area contributed by atoms with E-state index in [0.717, 1.165) is 37.7 Å². The van der Waals surface area contributed by atoms with Crippen molar-refractivity contribution in [2.75, 3.05) is 33.4 Å². The number of aliphatic hydroxyl groups excluding tert-OH is 1. The molecule has 4 fully saturated rings. The van der Waals surface area contributed by atoms with Crippen molar-refractivity contribution in [3.8, 4) is 0 Å². The number of nitrogens with zero attached hydrogens (tertiary/aromatic N) is 2. The van der Waals surface area contributed by atoms with Gasteiger partial charge < -0.3 is 25.0 Å². The zero-order valence-corrected chi connectivity index (χ0v) is 19.0. The molecule has 0 aromatic heterocycles. The second kappa shape index (κ2) is 8.67. The molecule has 7 heteroatoms. The molecule has 7 nitrogen and oxygen atoms in total. The summed E-state index contributed by atoms with van der Waals surface area (Å²) < 4.78 is 5.32. The van der Waals surface area contributed by atoms with Gasteiger partial charge in [0.05, 0.1) is 19.3 Å². The van der Waals surface area contributed by atoms with Gasteiger partial charge in [0.2, 0.25) is 0 Å². The zero-order valence-electron chi connectivity index (χ0n) is 19.0. The number of aliphatic hydroxyl groups is 1. The van der Waals surface area contributed by atoms with Crippen molar-refractivity contribution < 1.29 is 19.4 Å². The lowest BCUT2D eigenvalue weighted by molar-refractivity contribution is 0.0448. The SMILES string of the molecule is CN(Cc1ccc(C(=O)NC23CC4CC(O)CC(C2)C(C4)C3)cc1)C(=O)N1CCOCC1. The van der Waals surface area contributed by atoms with Crippen LogP contribution in [0.3, 0.4) is 0 Å². The van der Waals surface area contributed by atoms with Crippen LogP contribution in [0.1, 0.15) is 54.4 Å². The van der Waals surface area contributed by atoms with Gasteiger partial charge in [0, 0.05) is 37.8 Å². The fourth-order valence-electron chi connectivity index (χ4n) is 6.78. The minimum Gasteiger partial charge on any atom is -0.393 e. The van der Waals surface area contributed by atoms with Crippen molar-refractivity contribution in [2.45, 2.75) is 56.7 Å². The van der Waals surface area contributed by atoms with Crippen LogP contribution in [0.15, 0.2) is 24.3 Å². The summed E-state index contributed by atoms with van der Waals surface area (Å²) in [6.45, 7) is 2.95. The summed E-state index contributed by atoms with van der Waals surface area (Å²) in [5, 5.41) is 13.7. The van der Waals surface area contributed by atoms with Gasteiger partial charge in [0.25, 0.3) is 5.91 Å². The molecule has 5 atom stereocenters. The Morgan fingerprint density at radius 2 is 1.78 bits per heavy atom. The topological polar surface area (TPSA) is 82.1 Å². The number of morpholine rings is 1. The second-order valence-electron chi connectivity index (χ2n) is 10.5. The maximum Gasteiger partial charge on any atom is 0.320 e. The largest absolute Gasteiger partial charge is 0.393 e. The van der Waals surface area contributed by atoms with Gasteiger partial charge in [0.15, 0.2) is 0 Å². The monoisotopic (exact) mass is 441 g/mol. The molecule has 1 aromatic carbocycles. The van der Waals surface area contributed by atoms with Gasteiger partial charge in [-0.1, -0.05) is 12.1 Å². The first kappa shape index (κ1) is 21.7. The molecule has 5 unspecified atom stereocenters. The van der Waals surface area contributed by atoms with Crippen LogP contribution in [-0.4, -0.2) is 71.8 Å². The summed E-state index contributed by atoms with van der Waals surface area (Å²) in [6.07, 6.45) is 5.88. The molecular formula is C25H35N3O4. The van der Waals surface area contributed by atoms with Gasteiger partial charge >= 0.3 is 6.03 Å². The van der Waals surface area contributed by atoms with Crippen molar-refractivity contribution in [3.05, 3.63) is 35.4 Å². The molecule has 2 N–H and O–H groups in total. The van der Waals surface area contributed by atoms with E-state index in [-0.39, 0.29) is 23.6 Å². The lowest BCUT2D eigenvalue weighted by Crippen LogP contribution is -2.50. The van der Waals surface area contributed by atoms with Gasteiger partial charge in [-0.05, 0) is 74.0 Å². The average Bonchev–Trinajstić information content (AvgIpc) is 2.96. The summed E-state index contributed by atoms with van der Waals surface area (Å²) in [5.74, 6) is 1.71. The Morgan fingerprint density at radius 3 is 2.50 bits per heavy atom. The number of carbonyl (C=O) groups is 2. The first-order valence-electron chi connectivity index (χ1n) is 12.1. The molecule has 1 aliphatic heterocycles. The molecule has 4 aliphatic rings. The van der Waals surface area contributed by atoms with Crippen LogP contribution in [0.4, 0.5) is 4.79 Å². The first-order valence-corrected chi connectivity index (χ1v) is 12.1. The molecular weight excluding hydrogens is 406 g/mol. The van der Waals surface area contributed by atoms with Crippen LogP contribution in [0, 0.1) is 17.8 Å². The number of rotatable bonds is 4. The highest BCUT2D eigenvalue weighted by atomic mass is 16.5. The Labute approximate surface area is 190 Å². The molecule has 5 rings (SSSR count). The Bertz CT molecular complexity index is 849. The van der Waals surface area contributed by atoms with E-state index in [4.69, 9.17) is 4.74 Å². The molecule has 1 saturated heterocycles. The molecule has 3 amide bonds. The number of nitrogens with one attached hydrogen (secondary N) is 1. The highest BCUT2D eigenvalue weighted by Gasteiger charge is 2.53. The highest BCUT2D eigenvalue weighted by molar-refractivity contribution is 5.94. The lowest BCUT2D eigenvalue weighted by atomic mass is 9.75. The molecule has 3 saturated carbocycles. The average molecular weight is 442 g/mol. The maximum atomic E-state index is 13.1. The van der Waals surface area contributed by atoms with Gasteiger partial charge in [-0.15, -0.1) is 0 Å². The molecule has 0 radical (unpaired) electrons. The lowest BCUT2D eigenvalue weighted by Gasteiger charge is -2.39. The number of benzene rings is 1. The molecule has 174 valence electrons. The third kappa shape index (κ3) is 4.37. The number of hydrogen-bond acceptors (Lipinski definition) is 4. The first-order chi connectivity index (χ1) is 15.4. The smallest absolute Gasteiger partial charge is 0.320 e. The summed E-state index contributed by atoms with van der Waals surface area (Å²) in [5.41, 5.74) is 1.58. The van der Waals surface area contributed by atoms with E-state index in [1.54, 1.807) is 4.90 Å². The zero-order chi connectivity index (χ0) is 22.3. The van der Waals surface area contributed by atoms with Crippen LogP contribution in [0.25, 0.3) is 0 Å². The van der Waals surface area contributed by atoms with Gasteiger partial charge in [-0.2, -0.15) is 0 Å². The molecule has 1 heterocycles. The molecule has 3 aliphatic carbocycles. The predicted molar refractivity (Wildman–Crippen MR) is 120 cm³/mol. The molecule has 3 bridgehead atoms. The maximum absolute atomic E-state index is 13.1. The normalized spacial score (nSPS) is 33.6. The molecule has 32 heavy (non-hydrogen) atoms. The van der Waals surface area contributed by atoms with Crippen molar-refractivity contribution in [2.24, 2.45) is 17.8 Å². The van der Waals surface area contributed by atoms with Crippen LogP contribution < -0.4 is 5.32 Å². The van der Waals surface area contributed by atoms with Crippen LogP contribution >= 0.6 is 0 Å². The van der Waals surface area contributed by atoms with Gasteiger partial charge in [0.1, 0.15) is 0 Å².